The van der Waals surface area contributed by atoms with Crippen LogP contribution in [0.2, 0.25) is 0 Å². The topological polar surface area (TPSA) is 63.8 Å². The van der Waals surface area contributed by atoms with Gasteiger partial charge in [0.05, 0.1) is 17.6 Å². The van der Waals surface area contributed by atoms with Crippen LogP contribution in [-0.2, 0) is 18.2 Å². The van der Waals surface area contributed by atoms with E-state index in [1.165, 1.54) is 0 Å². The molecule has 0 aromatic carbocycles. The predicted octanol–water partition coefficient (Wildman–Crippen LogP) is 3.25. The van der Waals surface area contributed by atoms with Crippen molar-refractivity contribution in [3.63, 3.8) is 0 Å². The molecule has 2 atom stereocenters. The van der Waals surface area contributed by atoms with E-state index in [9.17, 15) is 31.4 Å². The molecule has 25 heavy (non-hydrogen) atoms. The van der Waals surface area contributed by atoms with E-state index in [1.807, 2.05) is 0 Å². The number of rotatable bonds is 1. The highest BCUT2D eigenvalue weighted by molar-refractivity contribution is 5.61. The number of fused-ring (bicyclic) bond motifs is 3. The molecule has 2 unspecified atom stereocenters. The van der Waals surface area contributed by atoms with Crippen molar-refractivity contribution in [2.75, 3.05) is 0 Å². The highest BCUT2D eigenvalue weighted by atomic mass is 19.4. The van der Waals surface area contributed by atoms with E-state index < -0.39 is 35.6 Å². The molecule has 1 aliphatic heterocycles. The van der Waals surface area contributed by atoms with Crippen molar-refractivity contribution in [3.8, 4) is 11.4 Å². The van der Waals surface area contributed by atoms with Crippen LogP contribution >= 0.6 is 0 Å². The molecule has 1 N–H and O–H groups in total. The predicted molar refractivity (Wildman–Crippen MR) is 72.3 cm³/mol. The largest absolute Gasteiger partial charge is 0.451 e. The third-order valence-electron chi connectivity index (χ3n) is 4.10. The zero-order valence-electron chi connectivity index (χ0n) is 12.9. The SMILES string of the molecule is CC1Cc2cnc(C(F)(F)F)nc2-c2cnc(C(C)(O)C(F)(F)F)n21. The highest BCUT2D eigenvalue weighted by Crippen LogP contribution is 2.43. The van der Waals surface area contributed by atoms with Crippen LogP contribution in [0.15, 0.2) is 12.4 Å². The molecular formula is C14H12F6N4O. The maximum Gasteiger partial charge on any atom is 0.451 e. The summed E-state index contributed by atoms with van der Waals surface area (Å²) in [7, 11) is 0. The number of alkyl halides is 6. The van der Waals surface area contributed by atoms with Gasteiger partial charge in [-0.15, -0.1) is 0 Å². The van der Waals surface area contributed by atoms with Crippen molar-refractivity contribution >= 4 is 0 Å². The summed E-state index contributed by atoms with van der Waals surface area (Å²) in [5.41, 5.74) is -3.05. The fraction of sp³-hybridized carbons (Fsp3) is 0.500. The van der Waals surface area contributed by atoms with E-state index >= 15 is 0 Å². The average Bonchev–Trinajstić information content (AvgIpc) is 2.91. The molecule has 136 valence electrons. The van der Waals surface area contributed by atoms with Crippen LogP contribution in [0, 0.1) is 0 Å². The second-order valence-corrected chi connectivity index (χ2v) is 6.03. The van der Waals surface area contributed by atoms with Crippen molar-refractivity contribution in [3.05, 3.63) is 29.6 Å². The van der Waals surface area contributed by atoms with Gasteiger partial charge in [0, 0.05) is 17.8 Å². The quantitative estimate of drug-likeness (QED) is 0.787. The molecule has 5 nitrogen and oxygen atoms in total. The number of nitrogens with zero attached hydrogens (tertiary/aromatic N) is 4. The maximum atomic E-state index is 13.1. The summed E-state index contributed by atoms with van der Waals surface area (Å²) >= 11 is 0. The Bertz CT molecular complexity index is 824. The van der Waals surface area contributed by atoms with Crippen LogP contribution in [0.3, 0.4) is 0 Å². The van der Waals surface area contributed by atoms with Gasteiger partial charge >= 0.3 is 12.4 Å². The third-order valence-corrected chi connectivity index (χ3v) is 4.10. The Morgan fingerprint density at radius 1 is 1.12 bits per heavy atom. The van der Waals surface area contributed by atoms with E-state index in [1.54, 1.807) is 6.92 Å². The number of imidazole rings is 1. The molecule has 0 spiro atoms. The minimum absolute atomic E-state index is 0.0267. The van der Waals surface area contributed by atoms with Gasteiger partial charge in [-0.1, -0.05) is 0 Å². The first-order chi connectivity index (χ1) is 11.3. The van der Waals surface area contributed by atoms with Crippen molar-refractivity contribution in [2.24, 2.45) is 0 Å². The Kier molecular flexibility index (Phi) is 3.64. The molecule has 0 aliphatic carbocycles. The molecule has 0 saturated carbocycles. The smallest absolute Gasteiger partial charge is 0.374 e. The second-order valence-electron chi connectivity index (χ2n) is 6.03. The lowest BCUT2D eigenvalue weighted by molar-refractivity contribution is -0.262. The summed E-state index contributed by atoms with van der Waals surface area (Å²) in [5.74, 6) is -2.09. The second kappa shape index (κ2) is 5.16. The molecule has 0 saturated heterocycles. The van der Waals surface area contributed by atoms with Gasteiger partial charge in [0.2, 0.25) is 11.4 Å². The first-order valence-corrected chi connectivity index (χ1v) is 7.14. The maximum absolute atomic E-state index is 13.1. The van der Waals surface area contributed by atoms with Gasteiger partial charge in [0.25, 0.3) is 0 Å². The minimum atomic E-state index is -5.00. The van der Waals surface area contributed by atoms with Crippen LogP contribution in [0.1, 0.15) is 37.1 Å². The summed E-state index contributed by atoms with van der Waals surface area (Å²) in [5, 5.41) is 9.90. The summed E-state index contributed by atoms with van der Waals surface area (Å²) < 4.78 is 78.9. The van der Waals surface area contributed by atoms with Gasteiger partial charge in [-0.3, -0.25) is 0 Å². The number of hydrogen-bond donors (Lipinski definition) is 1. The van der Waals surface area contributed by atoms with E-state index in [0.29, 0.717) is 12.5 Å². The molecule has 1 aliphatic rings. The normalized spacial score (nSPS) is 20.0. The fourth-order valence-corrected chi connectivity index (χ4v) is 2.79. The Morgan fingerprint density at radius 2 is 1.76 bits per heavy atom. The van der Waals surface area contributed by atoms with Gasteiger partial charge in [0.15, 0.2) is 5.82 Å². The summed E-state index contributed by atoms with van der Waals surface area (Å²) in [4.78, 5) is 10.4. The highest BCUT2D eigenvalue weighted by Gasteiger charge is 2.55. The molecular weight excluding hydrogens is 354 g/mol. The minimum Gasteiger partial charge on any atom is -0.374 e. The molecule has 3 heterocycles. The lowest BCUT2D eigenvalue weighted by Gasteiger charge is -2.31. The van der Waals surface area contributed by atoms with Gasteiger partial charge in [-0.2, -0.15) is 26.3 Å². The van der Waals surface area contributed by atoms with Crippen LogP contribution < -0.4 is 0 Å². The van der Waals surface area contributed by atoms with Crippen LogP contribution in [-0.4, -0.2) is 30.8 Å². The van der Waals surface area contributed by atoms with E-state index in [2.05, 4.69) is 15.0 Å². The van der Waals surface area contributed by atoms with Gasteiger partial charge in [-0.25, -0.2) is 15.0 Å². The Balaban J connectivity index is 2.21. The van der Waals surface area contributed by atoms with Crippen LogP contribution in [0.5, 0.6) is 0 Å². The Morgan fingerprint density at radius 3 is 2.32 bits per heavy atom. The van der Waals surface area contributed by atoms with Crippen LogP contribution in [0.4, 0.5) is 26.3 Å². The van der Waals surface area contributed by atoms with Gasteiger partial charge < -0.3 is 9.67 Å². The first-order valence-electron chi connectivity index (χ1n) is 7.14. The molecule has 2 aromatic heterocycles. The lowest BCUT2D eigenvalue weighted by Crippen LogP contribution is -2.42. The van der Waals surface area contributed by atoms with Gasteiger partial charge in [-0.05, 0) is 20.3 Å². The van der Waals surface area contributed by atoms with Crippen molar-refractivity contribution < 1.29 is 31.4 Å². The molecule has 0 bridgehead atoms. The summed E-state index contributed by atoms with van der Waals surface area (Å²) in [6, 6.07) is -0.575. The summed E-state index contributed by atoms with van der Waals surface area (Å²) in [6.45, 7) is 2.12. The molecule has 3 rings (SSSR count). The molecule has 0 amide bonds. The summed E-state index contributed by atoms with van der Waals surface area (Å²) in [6.07, 6.45) is -7.68. The lowest BCUT2D eigenvalue weighted by atomic mass is 9.98. The molecule has 2 aromatic rings. The molecule has 0 radical (unpaired) electrons. The van der Waals surface area contributed by atoms with E-state index in [-0.39, 0.29) is 17.8 Å². The van der Waals surface area contributed by atoms with E-state index in [0.717, 1.165) is 17.0 Å². The van der Waals surface area contributed by atoms with Gasteiger partial charge in [0.1, 0.15) is 0 Å². The number of aliphatic hydroxyl groups is 1. The van der Waals surface area contributed by atoms with Crippen LogP contribution in [0.25, 0.3) is 11.4 Å². The van der Waals surface area contributed by atoms with Crippen molar-refractivity contribution in [1.82, 2.24) is 19.5 Å². The first kappa shape index (κ1) is 17.6. The average molecular weight is 366 g/mol. The van der Waals surface area contributed by atoms with E-state index in [4.69, 9.17) is 0 Å². The standard InChI is InChI=1S/C14H12F6N4O/c1-6-3-7-4-21-10(13(15,16)17)23-9(7)8-5-22-11(24(6)8)12(2,25)14(18,19)20/h4-6,25H,3H2,1-2H3. The zero-order valence-corrected chi connectivity index (χ0v) is 12.9. The Hall–Kier alpha value is -2.17. The number of aromatic nitrogens is 4. The fourth-order valence-electron chi connectivity index (χ4n) is 2.79. The van der Waals surface area contributed by atoms with Crippen molar-refractivity contribution in [1.29, 1.82) is 0 Å². The number of hydrogen-bond acceptors (Lipinski definition) is 4. The molecule has 11 heteroatoms. The molecule has 0 fully saturated rings. The Labute approximate surface area is 137 Å². The monoisotopic (exact) mass is 366 g/mol. The zero-order chi connectivity index (χ0) is 18.8. The number of halogens is 6. The third kappa shape index (κ3) is 2.66. The van der Waals surface area contributed by atoms with Crippen molar-refractivity contribution in [2.45, 2.75) is 44.3 Å².